The monoisotopic (exact) mass is 712 g/mol. The molecule has 0 aromatic carbocycles. The fraction of sp³-hybridized carbons (Fsp3) is 0.714. The summed E-state index contributed by atoms with van der Waals surface area (Å²) in [5.41, 5.74) is 0. The van der Waals surface area contributed by atoms with Gasteiger partial charge in [-0.2, -0.15) is 0 Å². The van der Waals surface area contributed by atoms with E-state index in [1.54, 1.807) is 0 Å². The Kier molecular flexibility index (Phi) is 15.4. The molecular formula is C28H37ClO19. The van der Waals surface area contributed by atoms with E-state index in [1.807, 2.05) is 0 Å². The Morgan fingerprint density at radius 3 is 1.23 bits per heavy atom. The molecule has 0 aromatic rings. The van der Waals surface area contributed by atoms with Crippen LogP contribution in [0.25, 0.3) is 0 Å². The Labute approximate surface area is 278 Å². The number of carbonyl (C=O) groups excluding carboxylic acids is 8. The molecule has 2 fully saturated rings. The lowest BCUT2D eigenvalue weighted by Gasteiger charge is -2.48. The number of alkyl halides is 1. The van der Waals surface area contributed by atoms with E-state index in [0.29, 0.717) is 0 Å². The van der Waals surface area contributed by atoms with Crippen LogP contribution >= 0.6 is 11.6 Å². The lowest BCUT2D eigenvalue weighted by molar-refractivity contribution is -0.358. The van der Waals surface area contributed by atoms with E-state index in [4.69, 9.17) is 63.7 Å². The molecule has 2 heterocycles. The number of hydrogen-bond donors (Lipinski definition) is 0. The fourth-order valence-corrected chi connectivity index (χ4v) is 4.78. The molecule has 0 aromatic heterocycles. The van der Waals surface area contributed by atoms with Crippen molar-refractivity contribution in [2.45, 2.75) is 110 Å². The van der Waals surface area contributed by atoms with Crippen LogP contribution in [0.3, 0.4) is 0 Å². The van der Waals surface area contributed by atoms with Crippen molar-refractivity contribution in [3.05, 3.63) is 0 Å². The molecule has 20 heteroatoms. The molecule has 0 bridgehead atoms. The van der Waals surface area contributed by atoms with Gasteiger partial charge in [0.05, 0.1) is 0 Å². The minimum atomic E-state index is -1.90. The first-order valence-electron chi connectivity index (χ1n) is 14.3. The molecule has 2 aliphatic heterocycles. The fourth-order valence-electron chi connectivity index (χ4n) is 4.72. The predicted octanol–water partition coefficient (Wildman–Crippen LogP) is -0.612. The van der Waals surface area contributed by atoms with Crippen LogP contribution < -0.4 is 0 Å². The summed E-state index contributed by atoms with van der Waals surface area (Å²) in [6.07, 6.45) is -16.8. The van der Waals surface area contributed by atoms with Gasteiger partial charge in [0.1, 0.15) is 37.4 Å². The van der Waals surface area contributed by atoms with Gasteiger partial charge < -0.3 is 52.1 Å². The summed E-state index contributed by atoms with van der Waals surface area (Å²) in [7, 11) is 0. The van der Waals surface area contributed by atoms with Gasteiger partial charge in [-0.05, 0) is 0 Å². The third kappa shape index (κ3) is 12.2. The Hall–Kier alpha value is -4.07. The highest BCUT2D eigenvalue weighted by Gasteiger charge is 2.58. The normalized spacial score (nSPS) is 29.7. The van der Waals surface area contributed by atoms with Crippen LogP contribution in [0.2, 0.25) is 0 Å². The van der Waals surface area contributed by atoms with E-state index in [1.165, 1.54) is 0 Å². The zero-order valence-electron chi connectivity index (χ0n) is 27.0. The van der Waals surface area contributed by atoms with E-state index in [-0.39, 0.29) is 0 Å². The number of halogens is 1. The molecule has 0 N–H and O–H groups in total. The van der Waals surface area contributed by atoms with Gasteiger partial charge in [-0.3, -0.25) is 38.4 Å². The van der Waals surface area contributed by atoms with Crippen molar-refractivity contribution in [2.24, 2.45) is 0 Å². The molecule has 0 amide bonds. The lowest BCUT2D eigenvalue weighted by Crippen LogP contribution is -2.67. The topological polar surface area (TPSA) is 238 Å². The van der Waals surface area contributed by atoms with E-state index < -0.39 is 128 Å². The molecule has 0 unspecified atom stereocenters. The van der Waals surface area contributed by atoms with Crippen LogP contribution in [0.15, 0.2) is 0 Å². The Morgan fingerprint density at radius 1 is 0.458 bits per heavy atom. The molecule has 0 radical (unpaired) electrons. The standard InChI is InChI=1S/C28H37ClO19/c1-11(30)38-9-18-21(40-13(3)32)23(47-20(37)8-29)25(42-15(5)34)28(46-18)48-24-22(41-14(4)33)19(10-39-12(2)31)45-27(44-17(7)36)26(24)43-16(6)35/h18-19,21-28H,8-10H2,1-7H3/t18-,19-,21-,22-,23+,24+,25-,26-,27+,28+/m1/s1. The maximum Gasteiger partial charge on any atom is 0.321 e. The van der Waals surface area contributed by atoms with Crippen LogP contribution in [-0.2, 0) is 90.5 Å². The third-order valence-electron chi connectivity index (χ3n) is 6.24. The van der Waals surface area contributed by atoms with E-state index in [9.17, 15) is 38.4 Å². The minimum Gasteiger partial charge on any atom is -0.463 e. The van der Waals surface area contributed by atoms with Gasteiger partial charge in [-0.1, -0.05) is 0 Å². The van der Waals surface area contributed by atoms with Gasteiger partial charge in [0, 0.05) is 48.5 Å². The molecule has 0 saturated carbocycles. The average Bonchev–Trinajstić information content (AvgIpc) is 2.95. The van der Waals surface area contributed by atoms with Gasteiger partial charge in [0.15, 0.2) is 36.8 Å². The molecule has 48 heavy (non-hydrogen) atoms. The van der Waals surface area contributed by atoms with Gasteiger partial charge in [0.25, 0.3) is 0 Å². The van der Waals surface area contributed by atoms with Crippen LogP contribution in [-0.4, -0.2) is 128 Å². The molecule has 270 valence electrons. The van der Waals surface area contributed by atoms with Gasteiger partial charge in [-0.15, -0.1) is 11.6 Å². The van der Waals surface area contributed by atoms with E-state index >= 15 is 0 Å². The Bertz CT molecular complexity index is 1220. The van der Waals surface area contributed by atoms with Crippen LogP contribution in [0, 0.1) is 0 Å². The quantitative estimate of drug-likeness (QED) is 0.131. The van der Waals surface area contributed by atoms with Crippen molar-refractivity contribution in [1.82, 2.24) is 0 Å². The molecule has 0 aliphatic carbocycles. The highest BCUT2D eigenvalue weighted by Crippen LogP contribution is 2.35. The molecule has 2 aliphatic rings. The smallest absolute Gasteiger partial charge is 0.321 e. The summed E-state index contributed by atoms with van der Waals surface area (Å²) >= 11 is 5.66. The molecule has 2 saturated heterocycles. The van der Waals surface area contributed by atoms with Crippen molar-refractivity contribution in [3.8, 4) is 0 Å². The average molecular weight is 713 g/mol. The number of ether oxygens (including phenoxy) is 11. The lowest BCUT2D eigenvalue weighted by atomic mass is 9.96. The van der Waals surface area contributed by atoms with Crippen molar-refractivity contribution < 1.29 is 90.5 Å². The van der Waals surface area contributed by atoms with E-state index in [2.05, 4.69) is 0 Å². The van der Waals surface area contributed by atoms with Crippen molar-refractivity contribution >= 4 is 59.4 Å². The Balaban J connectivity index is 2.77. The summed E-state index contributed by atoms with van der Waals surface area (Å²) in [4.78, 5) is 96.8. The second kappa shape index (κ2) is 18.5. The first kappa shape index (κ1) is 40.1. The van der Waals surface area contributed by atoms with Crippen LogP contribution in [0.5, 0.6) is 0 Å². The molecular weight excluding hydrogens is 676 g/mol. The number of carbonyl (C=O) groups is 8. The summed E-state index contributed by atoms with van der Waals surface area (Å²) in [5, 5.41) is 0. The van der Waals surface area contributed by atoms with Crippen molar-refractivity contribution in [3.63, 3.8) is 0 Å². The third-order valence-corrected chi connectivity index (χ3v) is 6.46. The predicted molar refractivity (Wildman–Crippen MR) is 150 cm³/mol. The zero-order chi connectivity index (χ0) is 36.3. The minimum absolute atomic E-state index is 0.601. The first-order valence-corrected chi connectivity index (χ1v) is 14.8. The van der Waals surface area contributed by atoms with E-state index in [0.717, 1.165) is 48.5 Å². The van der Waals surface area contributed by atoms with Crippen molar-refractivity contribution in [1.29, 1.82) is 0 Å². The molecule has 0 spiro atoms. The summed E-state index contributed by atoms with van der Waals surface area (Å²) < 4.78 is 60.2. The largest absolute Gasteiger partial charge is 0.463 e. The van der Waals surface area contributed by atoms with Gasteiger partial charge in [-0.25, -0.2) is 0 Å². The molecule has 2 rings (SSSR count). The first-order chi connectivity index (χ1) is 22.4. The second-order valence-electron chi connectivity index (χ2n) is 10.3. The van der Waals surface area contributed by atoms with Crippen LogP contribution in [0.4, 0.5) is 0 Å². The summed E-state index contributed by atoms with van der Waals surface area (Å²) in [6.45, 7) is 5.92. The van der Waals surface area contributed by atoms with Gasteiger partial charge in [0.2, 0.25) is 6.29 Å². The number of rotatable bonds is 13. The second-order valence-corrected chi connectivity index (χ2v) is 10.6. The zero-order valence-corrected chi connectivity index (χ0v) is 27.8. The van der Waals surface area contributed by atoms with Gasteiger partial charge >= 0.3 is 47.8 Å². The number of esters is 8. The maximum absolute atomic E-state index is 12.5. The molecule has 19 nitrogen and oxygen atoms in total. The van der Waals surface area contributed by atoms with Crippen molar-refractivity contribution in [2.75, 3.05) is 19.1 Å². The highest BCUT2D eigenvalue weighted by molar-refractivity contribution is 6.26. The Morgan fingerprint density at radius 2 is 0.833 bits per heavy atom. The summed E-state index contributed by atoms with van der Waals surface area (Å²) in [5.74, 6) is -8.02. The SMILES string of the molecule is CC(=O)OC[C@H]1O[C@@H](O[C@@H]2[C@@H](OC(C)=O)[C@@H](OC(C)=O)O[C@H](COC(C)=O)[C@H]2OC(C)=O)[C@H](OC(C)=O)[C@@H](OC(=O)CCl)[C@@H]1OC(C)=O. The molecule has 10 atom stereocenters. The maximum atomic E-state index is 12.5. The van der Waals surface area contributed by atoms with Crippen LogP contribution in [0.1, 0.15) is 48.5 Å². The summed E-state index contributed by atoms with van der Waals surface area (Å²) in [6, 6.07) is 0. The highest BCUT2D eigenvalue weighted by atomic mass is 35.5. The number of hydrogen-bond acceptors (Lipinski definition) is 19.